The van der Waals surface area contributed by atoms with Crippen molar-refractivity contribution in [2.45, 2.75) is 27.2 Å². The first kappa shape index (κ1) is 21.0. The molecule has 1 amide bonds. The van der Waals surface area contributed by atoms with Crippen LogP contribution in [-0.4, -0.2) is 21.0 Å². The van der Waals surface area contributed by atoms with E-state index in [-0.39, 0.29) is 11.6 Å². The largest absolute Gasteiger partial charge is 0.315 e. The van der Waals surface area contributed by atoms with Crippen molar-refractivity contribution in [3.8, 4) is 11.4 Å². The van der Waals surface area contributed by atoms with E-state index in [1.807, 2.05) is 55.8 Å². The number of nitro benzene ring substituents is 1. The maximum atomic E-state index is 13.2. The van der Waals surface area contributed by atoms with Crippen LogP contribution in [0.1, 0.15) is 34.4 Å². The van der Waals surface area contributed by atoms with E-state index in [0.717, 1.165) is 28.5 Å². The van der Waals surface area contributed by atoms with Crippen molar-refractivity contribution in [3.63, 3.8) is 0 Å². The van der Waals surface area contributed by atoms with Crippen LogP contribution in [0.15, 0.2) is 60.8 Å². The number of H-pyrrole nitrogens is 2. The van der Waals surface area contributed by atoms with Crippen molar-refractivity contribution < 1.29 is 19.1 Å². The topological polar surface area (TPSA) is 112 Å². The number of benzene rings is 2. The van der Waals surface area contributed by atoms with Gasteiger partial charge in [0.05, 0.1) is 11.1 Å². The van der Waals surface area contributed by atoms with Gasteiger partial charge in [-0.2, -0.15) is 10.2 Å². The third-order valence-corrected chi connectivity index (χ3v) is 5.42. The number of anilines is 1. The third kappa shape index (κ3) is 3.76. The normalized spacial score (nSPS) is 10.8. The second-order valence-corrected chi connectivity index (χ2v) is 7.42. The fraction of sp³-hybridized carbons (Fsp3) is 0.174. The summed E-state index contributed by atoms with van der Waals surface area (Å²) < 4.78 is 3.69. The highest BCUT2D eigenvalue weighted by atomic mass is 16.6. The van der Waals surface area contributed by atoms with Crippen LogP contribution in [0.4, 0.5) is 11.4 Å². The van der Waals surface area contributed by atoms with Crippen LogP contribution in [0.2, 0.25) is 0 Å². The summed E-state index contributed by atoms with van der Waals surface area (Å²) in [6.07, 6.45) is 2.25. The fourth-order valence-electron chi connectivity index (χ4n) is 3.80. The van der Waals surface area contributed by atoms with Gasteiger partial charge in [0.2, 0.25) is 22.8 Å². The number of nitro groups is 1. The lowest BCUT2D eigenvalue weighted by Gasteiger charge is -2.02. The zero-order valence-electron chi connectivity index (χ0n) is 18.0. The summed E-state index contributed by atoms with van der Waals surface area (Å²) >= 11 is 0. The molecule has 0 bridgehead atoms. The Morgan fingerprint density at radius 1 is 1.03 bits per heavy atom. The fourth-order valence-corrected chi connectivity index (χ4v) is 3.80. The maximum absolute atomic E-state index is 13.2. The van der Waals surface area contributed by atoms with E-state index < -0.39 is 4.92 Å². The summed E-state index contributed by atoms with van der Waals surface area (Å²) in [5.41, 5.74) is 5.44. The number of hydrogen-bond acceptors (Lipinski definition) is 3. The molecule has 3 N–H and O–H groups in total. The maximum Gasteiger partial charge on any atom is 0.269 e. The van der Waals surface area contributed by atoms with Crippen LogP contribution in [-0.2, 0) is 6.42 Å². The lowest BCUT2D eigenvalue weighted by Crippen LogP contribution is -2.37. The SMILES string of the molecule is CCc1c(C(=O)Nc2c(C)[nH][n+](-c3ccccc3)c2C)c[nH][n+]1-c1ccc([N+](=O)[O-])cc1. The number of carbonyl (C=O) groups excluding carboxylic acids is 1. The molecular formula is C23H24N6O3+2. The van der Waals surface area contributed by atoms with Gasteiger partial charge in [0.15, 0.2) is 0 Å². The first-order valence-corrected chi connectivity index (χ1v) is 10.3. The second kappa shape index (κ2) is 8.46. The number of aromatic nitrogens is 4. The monoisotopic (exact) mass is 432 g/mol. The van der Waals surface area contributed by atoms with Gasteiger partial charge in [0.1, 0.15) is 16.9 Å². The Labute approximate surface area is 184 Å². The van der Waals surface area contributed by atoms with Crippen LogP contribution in [0.25, 0.3) is 11.4 Å². The molecule has 4 rings (SSSR count). The van der Waals surface area contributed by atoms with E-state index in [1.54, 1.807) is 23.0 Å². The van der Waals surface area contributed by atoms with Gasteiger partial charge in [0, 0.05) is 49.7 Å². The Morgan fingerprint density at radius 2 is 1.69 bits per heavy atom. The molecule has 0 aliphatic rings. The Balaban J connectivity index is 1.64. The summed E-state index contributed by atoms with van der Waals surface area (Å²) in [5.74, 6) is -0.232. The Morgan fingerprint density at radius 3 is 2.31 bits per heavy atom. The van der Waals surface area contributed by atoms with E-state index in [4.69, 9.17) is 0 Å². The molecule has 2 heterocycles. The van der Waals surface area contributed by atoms with E-state index in [9.17, 15) is 14.9 Å². The third-order valence-electron chi connectivity index (χ3n) is 5.42. The Bertz CT molecular complexity index is 1290. The van der Waals surface area contributed by atoms with Gasteiger partial charge in [-0.3, -0.25) is 14.9 Å². The number of para-hydroxylation sites is 1. The molecule has 0 unspecified atom stereocenters. The van der Waals surface area contributed by atoms with Crippen molar-refractivity contribution in [3.05, 3.63) is 93.6 Å². The van der Waals surface area contributed by atoms with Crippen molar-refractivity contribution >= 4 is 17.3 Å². The molecule has 0 spiro atoms. The van der Waals surface area contributed by atoms with Crippen LogP contribution >= 0.6 is 0 Å². The van der Waals surface area contributed by atoms with Gasteiger partial charge >= 0.3 is 0 Å². The standard InChI is InChI=1S/C23H22N6O3/c1-4-21-20(14-24-28(21)18-10-12-19(13-11-18)29(31)32)23(30)25-22-15(2)26-27(16(22)3)17-8-6-5-7-9-17/h5-14H,4H2,1-3H3,(H,25,30)/p+2. The quantitative estimate of drug-likeness (QED) is 0.247. The minimum Gasteiger partial charge on any atom is -0.315 e. The van der Waals surface area contributed by atoms with Crippen molar-refractivity contribution in [2.75, 3.05) is 5.32 Å². The van der Waals surface area contributed by atoms with Gasteiger partial charge in [-0.1, -0.05) is 34.5 Å². The highest BCUT2D eigenvalue weighted by Crippen LogP contribution is 2.19. The van der Waals surface area contributed by atoms with Crippen molar-refractivity contribution in [1.82, 2.24) is 10.2 Å². The predicted octanol–water partition coefficient (Wildman–Crippen LogP) is 3.24. The molecule has 162 valence electrons. The lowest BCUT2D eigenvalue weighted by molar-refractivity contribution is -0.662. The Hall–Kier alpha value is -4.27. The van der Waals surface area contributed by atoms with Crippen LogP contribution in [0, 0.1) is 24.0 Å². The highest BCUT2D eigenvalue weighted by molar-refractivity contribution is 6.05. The van der Waals surface area contributed by atoms with E-state index in [2.05, 4.69) is 15.5 Å². The molecule has 4 aromatic rings. The summed E-state index contributed by atoms with van der Waals surface area (Å²) in [6, 6.07) is 16.0. The zero-order valence-corrected chi connectivity index (χ0v) is 18.0. The molecule has 0 saturated carbocycles. The average Bonchev–Trinajstić information content (AvgIpc) is 3.36. The molecule has 9 nitrogen and oxygen atoms in total. The van der Waals surface area contributed by atoms with Crippen LogP contribution in [0.5, 0.6) is 0 Å². The van der Waals surface area contributed by atoms with E-state index in [0.29, 0.717) is 17.7 Å². The first-order chi connectivity index (χ1) is 15.4. The van der Waals surface area contributed by atoms with Crippen LogP contribution < -0.4 is 14.7 Å². The summed E-state index contributed by atoms with van der Waals surface area (Å²) in [7, 11) is 0. The van der Waals surface area contributed by atoms with Gasteiger partial charge in [-0.05, 0) is 6.92 Å². The van der Waals surface area contributed by atoms with Crippen LogP contribution in [0.3, 0.4) is 0 Å². The van der Waals surface area contributed by atoms with Gasteiger partial charge in [-0.15, -0.1) is 0 Å². The molecule has 0 atom stereocenters. The molecule has 0 radical (unpaired) electrons. The predicted molar refractivity (Wildman–Crippen MR) is 118 cm³/mol. The molecule has 2 aromatic heterocycles. The first-order valence-electron chi connectivity index (χ1n) is 10.3. The molecule has 2 aromatic carbocycles. The molecule has 9 heteroatoms. The summed E-state index contributed by atoms with van der Waals surface area (Å²) in [4.78, 5) is 23.7. The number of carbonyl (C=O) groups is 1. The van der Waals surface area contributed by atoms with Gasteiger partial charge in [0.25, 0.3) is 11.6 Å². The smallest absolute Gasteiger partial charge is 0.269 e. The van der Waals surface area contributed by atoms with Crippen molar-refractivity contribution in [2.24, 2.45) is 0 Å². The number of rotatable bonds is 6. The number of nitrogens with one attached hydrogen (secondary N) is 3. The number of hydrogen-bond donors (Lipinski definition) is 3. The number of aromatic amines is 2. The zero-order chi connectivity index (χ0) is 22.8. The second-order valence-electron chi connectivity index (χ2n) is 7.42. The molecule has 0 aliphatic heterocycles. The van der Waals surface area contributed by atoms with Crippen molar-refractivity contribution in [1.29, 1.82) is 0 Å². The average molecular weight is 432 g/mol. The number of aryl methyl sites for hydroxylation is 1. The number of amides is 1. The minimum atomic E-state index is -0.438. The summed E-state index contributed by atoms with van der Waals surface area (Å²) in [5, 5.41) is 20.3. The Kier molecular flexibility index (Phi) is 5.55. The highest BCUT2D eigenvalue weighted by Gasteiger charge is 2.28. The molecule has 32 heavy (non-hydrogen) atoms. The molecule has 0 saturated heterocycles. The summed E-state index contributed by atoms with van der Waals surface area (Å²) in [6.45, 7) is 5.82. The lowest BCUT2D eigenvalue weighted by atomic mass is 10.1. The molecular weight excluding hydrogens is 408 g/mol. The van der Waals surface area contributed by atoms with Gasteiger partial charge in [-0.25, -0.2) is 0 Å². The molecule has 0 fully saturated rings. The van der Waals surface area contributed by atoms with E-state index >= 15 is 0 Å². The van der Waals surface area contributed by atoms with E-state index in [1.165, 1.54) is 12.1 Å². The number of nitrogens with zero attached hydrogens (tertiary/aromatic N) is 3. The molecule has 0 aliphatic carbocycles. The minimum absolute atomic E-state index is 0.0158. The number of non-ortho nitro benzene ring substituents is 1. The van der Waals surface area contributed by atoms with Gasteiger partial charge < -0.3 is 5.32 Å².